The molecule has 0 aliphatic carbocycles. The van der Waals surface area contributed by atoms with Crippen LogP contribution < -0.4 is 0 Å². The predicted molar refractivity (Wildman–Crippen MR) is 219 cm³/mol. The summed E-state index contributed by atoms with van der Waals surface area (Å²) in [7, 11) is 0. The van der Waals surface area contributed by atoms with Crippen LogP contribution in [0.3, 0.4) is 0 Å². The van der Waals surface area contributed by atoms with Gasteiger partial charge in [-0.1, -0.05) is 139 Å². The van der Waals surface area contributed by atoms with Crippen molar-refractivity contribution in [3.05, 3.63) is 194 Å². The Hall–Kier alpha value is -6.64. The fourth-order valence-electron chi connectivity index (χ4n) is 7.99. The number of benzene rings is 9. The third-order valence-electron chi connectivity index (χ3n) is 10.4. The number of aryl methyl sites for hydroxylation is 1. The molecule has 0 saturated carbocycles. The van der Waals surface area contributed by atoms with E-state index in [9.17, 15) is 0 Å². The summed E-state index contributed by atoms with van der Waals surface area (Å²) in [5, 5.41) is 12.9. The van der Waals surface area contributed by atoms with E-state index in [4.69, 9.17) is 0 Å². The van der Waals surface area contributed by atoms with E-state index in [0.717, 1.165) is 0 Å². The van der Waals surface area contributed by atoms with Crippen LogP contribution in [0.1, 0.15) is 5.56 Å². The topological polar surface area (TPSA) is 9.86 Å². The van der Waals surface area contributed by atoms with Crippen LogP contribution in [0.5, 0.6) is 0 Å². The van der Waals surface area contributed by atoms with Crippen molar-refractivity contribution in [1.82, 2.24) is 9.13 Å². The van der Waals surface area contributed by atoms with Crippen LogP contribution in [0.2, 0.25) is 0 Å². The number of hydrogen-bond acceptors (Lipinski definition) is 0. The number of para-hydroxylation sites is 2. The first-order valence-corrected chi connectivity index (χ1v) is 17.6. The van der Waals surface area contributed by atoms with Crippen molar-refractivity contribution in [2.75, 3.05) is 0 Å². The Morgan fingerprint density at radius 2 is 0.882 bits per heavy atom. The van der Waals surface area contributed by atoms with Crippen molar-refractivity contribution in [2.45, 2.75) is 6.92 Å². The highest BCUT2D eigenvalue weighted by Crippen LogP contribution is 2.38. The second kappa shape index (κ2) is 11.8. The lowest BCUT2D eigenvalue weighted by Crippen LogP contribution is -1.94. The van der Waals surface area contributed by atoms with Gasteiger partial charge >= 0.3 is 0 Å². The molecule has 0 bridgehead atoms. The summed E-state index contributed by atoms with van der Waals surface area (Å²) in [4.78, 5) is 0. The zero-order valence-corrected chi connectivity index (χ0v) is 28.3. The van der Waals surface area contributed by atoms with Crippen molar-refractivity contribution in [3.8, 4) is 11.4 Å². The summed E-state index contributed by atoms with van der Waals surface area (Å²) in [6, 6.07) is 67.7. The van der Waals surface area contributed by atoms with Crippen molar-refractivity contribution in [3.63, 3.8) is 0 Å². The average molecular weight is 651 g/mol. The van der Waals surface area contributed by atoms with E-state index in [1.165, 1.54) is 92.9 Å². The minimum Gasteiger partial charge on any atom is -0.309 e. The van der Waals surface area contributed by atoms with Gasteiger partial charge < -0.3 is 9.13 Å². The van der Waals surface area contributed by atoms with E-state index < -0.39 is 0 Å². The second-order valence-electron chi connectivity index (χ2n) is 13.5. The lowest BCUT2D eigenvalue weighted by molar-refractivity contribution is 1.18. The van der Waals surface area contributed by atoms with Gasteiger partial charge in [-0.3, -0.25) is 0 Å². The summed E-state index contributed by atoms with van der Waals surface area (Å²) in [6.45, 7) is 2.15. The van der Waals surface area contributed by atoms with Crippen molar-refractivity contribution < 1.29 is 0 Å². The van der Waals surface area contributed by atoms with Crippen molar-refractivity contribution in [2.24, 2.45) is 0 Å². The van der Waals surface area contributed by atoms with Crippen molar-refractivity contribution in [1.29, 1.82) is 0 Å². The van der Waals surface area contributed by atoms with Gasteiger partial charge in [0, 0.05) is 38.3 Å². The van der Waals surface area contributed by atoms with Crippen LogP contribution in [-0.2, 0) is 0 Å². The molecule has 0 unspecified atom stereocenters. The first kappa shape index (κ1) is 29.3. The molecular weight excluding hydrogens is 617 g/mol. The molecule has 0 N–H and O–H groups in total. The summed E-state index contributed by atoms with van der Waals surface area (Å²) >= 11 is 0. The van der Waals surface area contributed by atoms with E-state index in [-0.39, 0.29) is 0 Å². The molecular formula is C49H34N2. The fraction of sp³-hybridized carbons (Fsp3) is 0.0204. The Labute approximate surface area is 296 Å². The fourth-order valence-corrected chi connectivity index (χ4v) is 7.99. The van der Waals surface area contributed by atoms with E-state index in [0.29, 0.717) is 0 Å². The summed E-state index contributed by atoms with van der Waals surface area (Å²) in [6.07, 6.45) is 0. The van der Waals surface area contributed by atoms with Crippen LogP contribution in [0.4, 0.5) is 0 Å². The Kier molecular flexibility index (Phi) is 6.75. The third-order valence-corrected chi connectivity index (χ3v) is 10.4. The molecule has 2 aromatic heterocycles. The highest BCUT2D eigenvalue weighted by molar-refractivity contribution is 6.20. The molecule has 0 amide bonds. The van der Waals surface area contributed by atoms with Crippen LogP contribution >= 0.6 is 0 Å². The molecule has 0 aliphatic heterocycles. The molecule has 11 rings (SSSR count). The zero-order valence-electron chi connectivity index (χ0n) is 28.3. The lowest BCUT2D eigenvalue weighted by atomic mass is 10.0. The molecule has 2 nitrogen and oxygen atoms in total. The van der Waals surface area contributed by atoms with Gasteiger partial charge in [-0.2, -0.15) is 0 Å². The smallest absolute Gasteiger partial charge is 0.0619 e. The van der Waals surface area contributed by atoms with Gasteiger partial charge in [-0.05, 0) is 88.5 Å². The molecule has 0 radical (unpaired) electrons. The Balaban J connectivity index is 0.000000129. The lowest BCUT2D eigenvalue weighted by Gasteiger charge is -2.10. The van der Waals surface area contributed by atoms with Gasteiger partial charge in [0.15, 0.2) is 0 Å². The number of hydrogen-bond donors (Lipinski definition) is 0. The largest absolute Gasteiger partial charge is 0.309 e. The number of rotatable bonds is 2. The maximum Gasteiger partial charge on any atom is 0.0619 e. The Bertz CT molecular complexity index is 3090. The SMILES string of the molecule is Cc1ccc2c(c1)c1ccccc1n2-c1ccc2ccccc2c1.c1ccc(-n2c3cc4ccccc4cc3c3ccc4ccccc4c32)cc1. The van der Waals surface area contributed by atoms with Crippen LogP contribution in [-0.4, -0.2) is 9.13 Å². The van der Waals surface area contributed by atoms with Crippen LogP contribution in [0.15, 0.2) is 188 Å². The molecule has 11 aromatic rings. The second-order valence-corrected chi connectivity index (χ2v) is 13.5. The predicted octanol–water partition coefficient (Wildman–Crippen LogP) is 13.3. The maximum atomic E-state index is 2.42. The quantitative estimate of drug-likeness (QED) is 0.176. The maximum absolute atomic E-state index is 2.42. The van der Waals surface area contributed by atoms with Gasteiger partial charge in [-0.25, -0.2) is 0 Å². The first-order valence-electron chi connectivity index (χ1n) is 17.6. The number of nitrogens with zero attached hydrogens (tertiary/aromatic N) is 2. The molecule has 0 saturated heterocycles. The highest BCUT2D eigenvalue weighted by Gasteiger charge is 2.16. The molecule has 51 heavy (non-hydrogen) atoms. The standard InChI is InChI=1S/C26H17N.C23H17N/c1-2-11-21(12-3-1)27-25-17-20-10-5-4-9-19(20)16-24(25)23-15-14-18-8-6-7-13-22(18)26(23)27;1-16-10-13-23-21(14-16)20-8-4-5-9-22(20)24(23)19-12-11-17-6-2-3-7-18(17)15-19/h1-17H;2-15H,1H3. The molecule has 240 valence electrons. The summed E-state index contributed by atoms with van der Waals surface area (Å²) < 4.78 is 4.79. The van der Waals surface area contributed by atoms with Crippen LogP contribution in [0.25, 0.3) is 87.3 Å². The molecule has 0 fully saturated rings. The van der Waals surface area contributed by atoms with Crippen LogP contribution in [0, 0.1) is 6.92 Å². The van der Waals surface area contributed by atoms with Gasteiger partial charge in [0.25, 0.3) is 0 Å². The van der Waals surface area contributed by atoms with E-state index in [1.54, 1.807) is 0 Å². The van der Waals surface area contributed by atoms with Gasteiger partial charge in [0.1, 0.15) is 0 Å². The summed E-state index contributed by atoms with van der Waals surface area (Å²) in [5.41, 5.74) is 8.76. The first-order chi connectivity index (χ1) is 25.2. The zero-order chi connectivity index (χ0) is 33.9. The Morgan fingerprint density at radius 3 is 1.69 bits per heavy atom. The van der Waals surface area contributed by atoms with Crippen molar-refractivity contribution >= 4 is 75.9 Å². The van der Waals surface area contributed by atoms with Gasteiger partial charge in [-0.15, -0.1) is 0 Å². The molecule has 2 heteroatoms. The third kappa shape index (κ3) is 4.80. The molecule has 0 atom stereocenters. The molecule has 2 heterocycles. The molecule has 0 spiro atoms. The summed E-state index contributed by atoms with van der Waals surface area (Å²) in [5.74, 6) is 0. The normalized spacial score (nSPS) is 11.6. The molecule has 9 aromatic carbocycles. The number of aromatic nitrogens is 2. The highest BCUT2D eigenvalue weighted by atomic mass is 15.0. The molecule has 0 aliphatic rings. The minimum absolute atomic E-state index is 1.20. The van der Waals surface area contributed by atoms with E-state index in [2.05, 4.69) is 204 Å². The monoisotopic (exact) mass is 650 g/mol. The van der Waals surface area contributed by atoms with E-state index >= 15 is 0 Å². The Morgan fingerprint density at radius 1 is 0.294 bits per heavy atom. The van der Waals surface area contributed by atoms with Gasteiger partial charge in [0.2, 0.25) is 0 Å². The number of fused-ring (bicyclic) bond motifs is 10. The van der Waals surface area contributed by atoms with E-state index in [1.807, 2.05) is 0 Å². The average Bonchev–Trinajstić information content (AvgIpc) is 3.69. The minimum atomic E-state index is 1.20. The van der Waals surface area contributed by atoms with Gasteiger partial charge in [0.05, 0.1) is 22.1 Å².